The van der Waals surface area contributed by atoms with Crippen LogP contribution in [0.3, 0.4) is 0 Å². The van der Waals surface area contributed by atoms with Gasteiger partial charge < -0.3 is 14.5 Å². The molecule has 108 valence electrons. The van der Waals surface area contributed by atoms with Crippen LogP contribution in [0, 0.1) is 5.92 Å². The minimum atomic E-state index is -0.00680. The molecule has 2 saturated heterocycles. The maximum Gasteiger partial charge on any atom is 0.227 e. The molecule has 2 amide bonds. The molecule has 0 bridgehead atoms. The van der Waals surface area contributed by atoms with Crippen LogP contribution >= 0.6 is 0 Å². The molecule has 2 aliphatic heterocycles. The molecule has 2 rings (SSSR count). The molecule has 2 heterocycles. The zero-order chi connectivity index (χ0) is 13.7. The predicted octanol–water partition coefficient (Wildman–Crippen LogP) is 0.884. The van der Waals surface area contributed by atoms with Gasteiger partial charge in [-0.2, -0.15) is 0 Å². The molecule has 19 heavy (non-hydrogen) atoms. The monoisotopic (exact) mass is 268 g/mol. The fourth-order valence-corrected chi connectivity index (χ4v) is 2.82. The Kier molecular flexibility index (Phi) is 5.19. The Morgan fingerprint density at radius 2 is 1.89 bits per heavy atom. The predicted molar refractivity (Wildman–Crippen MR) is 71.6 cm³/mol. The topological polar surface area (TPSA) is 49.9 Å². The van der Waals surface area contributed by atoms with Gasteiger partial charge in [-0.15, -0.1) is 0 Å². The second-order valence-corrected chi connectivity index (χ2v) is 5.37. The van der Waals surface area contributed by atoms with Crippen LogP contribution in [0.25, 0.3) is 0 Å². The van der Waals surface area contributed by atoms with Crippen LogP contribution in [0.1, 0.15) is 32.6 Å². The highest BCUT2D eigenvalue weighted by Crippen LogP contribution is 2.20. The summed E-state index contributed by atoms with van der Waals surface area (Å²) in [5.41, 5.74) is 0. The summed E-state index contributed by atoms with van der Waals surface area (Å²) in [5, 5.41) is 0. The van der Waals surface area contributed by atoms with Gasteiger partial charge in [0.05, 0.1) is 19.1 Å². The summed E-state index contributed by atoms with van der Waals surface area (Å²) < 4.78 is 5.27. The van der Waals surface area contributed by atoms with E-state index in [2.05, 4.69) is 0 Å². The molecule has 1 atom stereocenters. The first kappa shape index (κ1) is 14.3. The van der Waals surface area contributed by atoms with E-state index in [9.17, 15) is 9.59 Å². The van der Waals surface area contributed by atoms with Crippen LogP contribution in [0.15, 0.2) is 0 Å². The Morgan fingerprint density at radius 1 is 1.16 bits per heavy atom. The number of hydrogen-bond donors (Lipinski definition) is 0. The fraction of sp³-hybridized carbons (Fsp3) is 0.857. The lowest BCUT2D eigenvalue weighted by atomic mass is 9.96. The Bertz CT molecular complexity index is 327. The van der Waals surface area contributed by atoms with Gasteiger partial charge >= 0.3 is 0 Å². The molecule has 0 aromatic rings. The molecule has 0 spiro atoms. The van der Waals surface area contributed by atoms with Crippen LogP contribution < -0.4 is 0 Å². The van der Waals surface area contributed by atoms with E-state index in [0.717, 1.165) is 25.8 Å². The molecule has 0 aromatic heterocycles. The second kappa shape index (κ2) is 6.89. The summed E-state index contributed by atoms with van der Waals surface area (Å²) in [5.74, 6) is 0.395. The van der Waals surface area contributed by atoms with Crippen molar-refractivity contribution in [3.63, 3.8) is 0 Å². The van der Waals surface area contributed by atoms with Gasteiger partial charge in [-0.1, -0.05) is 6.92 Å². The van der Waals surface area contributed by atoms with Crippen LogP contribution in [-0.4, -0.2) is 61.0 Å². The SMILES string of the molecule is CCCC(=O)N1CCCC(C(=O)N2CCOCC2)C1. The van der Waals surface area contributed by atoms with Crippen LogP contribution in [-0.2, 0) is 14.3 Å². The van der Waals surface area contributed by atoms with Gasteiger partial charge in [0.25, 0.3) is 0 Å². The van der Waals surface area contributed by atoms with Gasteiger partial charge in [-0.25, -0.2) is 0 Å². The number of carbonyl (C=O) groups excluding carboxylic acids is 2. The van der Waals surface area contributed by atoms with E-state index in [0.29, 0.717) is 39.3 Å². The van der Waals surface area contributed by atoms with E-state index in [1.54, 1.807) is 0 Å². The quantitative estimate of drug-likeness (QED) is 0.763. The number of nitrogens with zero attached hydrogens (tertiary/aromatic N) is 2. The Hall–Kier alpha value is -1.10. The van der Waals surface area contributed by atoms with Crippen LogP contribution in [0.4, 0.5) is 0 Å². The first-order valence-electron chi connectivity index (χ1n) is 7.36. The van der Waals surface area contributed by atoms with Crippen molar-refractivity contribution in [3.05, 3.63) is 0 Å². The molecule has 2 aliphatic rings. The van der Waals surface area contributed by atoms with Gasteiger partial charge in [-0.05, 0) is 19.3 Å². The molecule has 0 aliphatic carbocycles. The van der Waals surface area contributed by atoms with Crippen molar-refractivity contribution in [1.82, 2.24) is 9.80 Å². The summed E-state index contributed by atoms with van der Waals surface area (Å²) in [4.78, 5) is 28.1. The minimum absolute atomic E-state index is 0.00680. The molecule has 1 unspecified atom stereocenters. The summed E-state index contributed by atoms with van der Waals surface area (Å²) in [6.45, 7) is 6.09. The third kappa shape index (κ3) is 3.69. The van der Waals surface area contributed by atoms with Crippen molar-refractivity contribution in [1.29, 1.82) is 0 Å². The number of likely N-dealkylation sites (tertiary alicyclic amines) is 1. The zero-order valence-electron chi connectivity index (χ0n) is 11.8. The summed E-state index contributed by atoms with van der Waals surface area (Å²) in [6.07, 6.45) is 3.32. The first-order valence-corrected chi connectivity index (χ1v) is 7.36. The van der Waals surface area contributed by atoms with E-state index in [1.807, 2.05) is 16.7 Å². The Morgan fingerprint density at radius 3 is 2.58 bits per heavy atom. The van der Waals surface area contributed by atoms with Crippen molar-refractivity contribution in [2.24, 2.45) is 5.92 Å². The summed E-state index contributed by atoms with van der Waals surface area (Å²) >= 11 is 0. The molecule has 0 saturated carbocycles. The Labute approximate surface area is 114 Å². The van der Waals surface area contributed by atoms with E-state index >= 15 is 0 Å². The zero-order valence-corrected chi connectivity index (χ0v) is 11.8. The highest BCUT2D eigenvalue weighted by Gasteiger charge is 2.31. The standard InChI is InChI=1S/C14H24N2O3/c1-2-4-13(17)16-6-3-5-12(11-16)14(18)15-7-9-19-10-8-15/h12H,2-11H2,1H3. The molecule has 5 nitrogen and oxygen atoms in total. The Balaban J connectivity index is 1.89. The van der Waals surface area contributed by atoms with E-state index in [1.165, 1.54) is 0 Å². The molecular formula is C14H24N2O3. The van der Waals surface area contributed by atoms with Crippen molar-refractivity contribution in [2.75, 3.05) is 39.4 Å². The lowest BCUT2D eigenvalue weighted by Gasteiger charge is -2.36. The number of rotatable bonds is 3. The van der Waals surface area contributed by atoms with Gasteiger partial charge in [0.15, 0.2) is 0 Å². The van der Waals surface area contributed by atoms with E-state index in [4.69, 9.17) is 4.74 Å². The maximum atomic E-state index is 12.4. The number of carbonyl (C=O) groups is 2. The molecule has 2 fully saturated rings. The minimum Gasteiger partial charge on any atom is -0.378 e. The van der Waals surface area contributed by atoms with Crippen molar-refractivity contribution >= 4 is 11.8 Å². The molecule has 5 heteroatoms. The second-order valence-electron chi connectivity index (χ2n) is 5.37. The highest BCUT2D eigenvalue weighted by atomic mass is 16.5. The van der Waals surface area contributed by atoms with Gasteiger partial charge in [0.1, 0.15) is 0 Å². The fourth-order valence-electron chi connectivity index (χ4n) is 2.82. The normalized spacial score (nSPS) is 24.4. The lowest BCUT2D eigenvalue weighted by molar-refractivity contribution is -0.144. The number of piperidine rings is 1. The average Bonchev–Trinajstić information content (AvgIpc) is 2.48. The molecular weight excluding hydrogens is 244 g/mol. The molecule has 0 aromatic carbocycles. The van der Waals surface area contributed by atoms with Crippen molar-refractivity contribution < 1.29 is 14.3 Å². The average molecular weight is 268 g/mol. The highest BCUT2D eigenvalue weighted by molar-refractivity contribution is 5.81. The van der Waals surface area contributed by atoms with Crippen LogP contribution in [0.5, 0.6) is 0 Å². The van der Waals surface area contributed by atoms with Gasteiger partial charge in [-0.3, -0.25) is 9.59 Å². The van der Waals surface area contributed by atoms with Gasteiger partial charge in [0, 0.05) is 32.6 Å². The third-order valence-electron chi connectivity index (χ3n) is 3.91. The smallest absolute Gasteiger partial charge is 0.227 e. The third-order valence-corrected chi connectivity index (χ3v) is 3.91. The molecule has 0 radical (unpaired) electrons. The van der Waals surface area contributed by atoms with E-state index < -0.39 is 0 Å². The molecule has 0 N–H and O–H groups in total. The first-order chi connectivity index (χ1) is 9.22. The number of ether oxygens (including phenoxy) is 1. The van der Waals surface area contributed by atoms with E-state index in [-0.39, 0.29) is 17.7 Å². The maximum absolute atomic E-state index is 12.4. The van der Waals surface area contributed by atoms with Crippen molar-refractivity contribution in [2.45, 2.75) is 32.6 Å². The largest absolute Gasteiger partial charge is 0.378 e. The number of morpholine rings is 1. The van der Waals surface area contributed by atoms with Crippen LogP contribution in [0.2, 0.25) is 0 Å². The lowest BCUT2D eigenvalue weighted by Crippen LogP contribution is -2.49. The number of hydrogen-bond acceptors (Lipinski definition) is 3. The number of amides is 2. The summed E-state index contributed by atoms with van der Waals surface area (Å²) in [6, 6.07) is 0. The summed E-state index contributed by atoms with van der Waals surface area (Å²) in [7, 11) is 0. The van der Waals surface area contributed by atoms with Crippen molar-refractivity contribution in [3.8, 4) is 0 Å². The van der Waals surface area contributed by atoms with Gasteiger partial charge in [0.2, 0.25) is 11.8 Å².